The van der Waals surface area contributed by atoms with E-state index in [0.717, 1.165) is 19.7 Å². The van der Waals surface area contributed by atoms with E-state index in [1.54, 1.807) is 0 Å². The molecule has 0 amide bonds. The van der Waals surface area contributed by atoms with Crippen molar-refractivity contribution in [3.63, 3.8) is 0 Å². The maximum absolute atomic E-state index is 6.22. The summed E-state index contributed by atoms with van der Waals surface area (Å²) in [6.45, 7) is 9.58. The van der Waals surface area contributed by atoms with E-state index in [2.05, 4.69) is 50.4 Å². The highest BCUT2D eigenvalue weighted by Gasteiger charge is 2.21. The maximum atomic E-state index is 6.22. The molecule has 2 nitrogen and oxygen atoms in total. The van der Waals surface area contributed by atoms with Crippen molar-refractivity contribution in [3.8, 4) is 0 Å². The predicted octanol–water partition coefficient (Wildman–Crippen LogP) is 4.53. The van der Waals surface area contributed by atoms with Crippen LogP contribution in [0.15, 0.2) is 24.3 Å². The van der Waals surface area contributed by atoms with Crippen LogP contribution < -0.4 is 5.32 Å². The van der Waals surface area contributed by atoms with E-state index in [0.29, 0.717) is 17.9 Å². The summed E-state index contributed by atoms with van der Waals surface area (Å²) in [5, 5.41) is 3.53. The van der Waals surface area contributed by atoms with Gasteiger partial charge >= 0.3 is 0 Å². The monoisotopic (exact) mass is 289 g/mol. The molecular formula is C19H31NO. The van der Waals surface area contributed by atoms with Gasteiger partial charge in [-0.25, -0.2) is 0 Å². The number of nitrogens with one attached hydrogen (secondary N) is 1. The molecule has 21 heavy (non-hydrogen) atoms. The van der Waals surface area contributed by atoms with Gasteiger partial charge < -0.3 is 10.1 Å². The molecule has 118 valence electrons. The average molecular weight is 289 g/mol. The second-order valence-electron chi connectivity index (χ2n) is 6.90. The first-order chi connectivity index (χ1) is 10.2. The quantitative estimate of drug-likeness (QED) is 0.796. The van der Waals surface area contributed by atoms with Gasteiger partial charge in [0.25, 0.3) is 0 Å². The second kappa shape index (κ2) is 8.55. The smallest absolute Gasteiger partial charge is 0.0723 e. The van der Waals surface area contributed by atoms with Gasteiger partial charge in [-0.15, -0.1) is 0 Å². The van der Waals surface area contributed by atoms with Crippen molar-refractivity contribution in [3.05, 3.63) is 35.4 Å². The largest absolute Gasteiger partial charge is 0.373 e. The molecule has 0 heterocycles. The lowest BCUT2D eigenvalue weighted by Gasteiger charge is -2.29. The van der Waals surface area contributed by atoms with Gasteiger partial charge in [-0.2, -0.15) is 0 Å². The van der Waals surface area contributed by atoms with Crippen molar-refractivity contribution in [2.75, 3.05) is 6.54 Å². The van der Waals surface area contributed by atoms with E-state index >= 15 is 0 Å². The minimum Gasteiger partial charge on any atom is -0.373 e. The third-order valence-electron chi connectivity index (χ3n) is 4.47. The Labute approximate surface area is 130 Å². The van der Waals surface area contributed by atoms with E-state index < -0.39 is 0 Å². The summed E-state index contributed by atoms with van der Waals surface area (Å²) in [5.41, 5.74) is 2.72. The van der Waals surface area contributed by atoms with Crippen LogP contribution >= 0.6 is 0 Å². The van der Waals surface area contributed by atoms with Gasteiger partial charge in [0.1, 0.15) is 0 Å². The Kier molecular flexibility index (Phi) is 6.72. The lowest BCUT2D eigenvalue weighted by molar-refractivity contribution is -0.0157. The highest BCUT2D eigenvalue weighted by atomic mass is 16.5. The van der Waals surface area contributed by atoms with E-state index in [9.17, 15) is 0 Å². The second-order valence-corrected chi connectivity index (χ2v) is 6.90. The molecule has 2 unspecified atom stereocenters. The van der Waals surface area contributed by atoms with Crippen molar-refractivity contribution in [1.82, 2.24) is 5.32 Å². The van der Waals surface area contributed by atoms with Gasteiger partial charge in [0, 0.05) is 6.54 Å². The van der Waals surface area contributed by atoms with Gasteiger partial charge in [0.15, 0.2) is 0 Å². The summed E-state index contributed by atoms with van der Waals surface area (Å²) in [5.74, 6) is 1.40. The van der Waals surface area contributed by atoms with E-state index in [-0.39, 0.29) is 0 Å². The Hall–Kier alpha value is -0.860. The molecule has 0 spiro atoms. The molecule has 0 radical (unpaired) electrons. The summed E-state index contributed by atoms with van der Waals surface area (Å²) < 4.78 is 6.22. The molecule has 2 atom stereocenters. The van der Waals surface area contributed by atoms with Gasteiger partial charge in [0.2, 0.25) is 0 Å². The standard InChI is InChI=1S/C19H31NO/c1-15(2)12-20-13-17-9-5-6-10-18(17)14-21-19-11-7-4-8-16(19)3/h5-6,9-10,15-16,19-20H,4,7-8,11-14H2,1-3H3. The van der Waals surface area contributed by atoms with E-state index in [4.69, 9.17) is 4.74 Å². The Balaban J connectivity index is 1.87. The molecule has 0 bridgehead atoms. The lowest BCUT2D eigenvalue weighted by atomic mass is 9.88. The van der Waals surface area contributed by atoms with Crippen molar-refractivity contribution in [2.45, 2.75) is 65.7 Å². The molecule has 1 aliphatic carbocycles. The zero-order valence-corrected chi connectivity index (χ0v) is 13.9. The summed E-state index contributed by atoms with van der Waals surface area (Å²) in [6.07, 6.45) is 5.70. The first-order valence-electron chi connectivity index (χ1n) is 8.56. The van der Waals surface area contributed by atoms with Gasteiger partial charge in [0.05, 0.1) is 12.7 Å². The maximum Gasteiger partial charge on any atom is 0.0723 e. The number of hydrogen-bond donors (Lipinski definition) is 1. The zero-order valence-electron chi connectivity index (χ0n) is 13.9. The van der Waals surface area contributed by atoms with Crippen LogP contribution in [0.3, 0.4) is 0 Å². The Morgan fingerprint density at radius 3 is 2.57 bits per heavy atom. The summed E-state index contributed by atoms with van der Waals surface area (Å²) >= 11 is 0. The summed E-state index contributed by atoms with van der Waals surface area (Å²) in [4.78, 5) is 0. The van der Waals surface area contributed by atoms with Crippen LogP contribution in [0.25, 0.3) is 0 Å². The molecule has 1 N–H and O–H groups in total. The van der Waals surface area contributed by atoms with Gasteiger partial charge in [-0.1, -0.05) is 57.9 Å². The number of hydrogen-bond acceptors (Lipinski definition) is 2. The highest BCUT2D eigenvalue weighted by Crippen LogP contribution is 2.27. The Bertz CT molecular complexity index is 416. The van der Waals surface area contributed by atoms with Crippen molar-refractivity contribution >= 4 is 0 Å². The fourth-order valence-electron chi connectivity index (χ4n) is 3.09. The fraction of sp³-hybridized carbons (Fsp3) is 0.684. The number of ether oxygens (including phenoxy) is 1. The average Bonchev–Trinajstić information content (AvgIpc) is 2.47. The normalized spacial score (nSPS) is 22.7. The molecular weight excluding hydrogens is 258 g/mol. The topological polar surface area (TPSA) is 21.3 Å². The molecule has 0 aliphatic heterocycles. The Morgan fingerprint density at radius 2 is 1.86 bits per heavy atom. The van der Waals surface area contributed by atoms with Crippen LogP contribution in [0, 0.1) is 11.8 Å². The summed E-state index contributed by atoms with van der Waals surface area (Å²) in [7, 11) is 0. The Morgan fingerprint density at radius 1 is 1.14 bits per heavy atom. The van der Waals surface area contributed by atoms with Gasteiger partial charge in [-0.3, -0.25) is 0 Å². The number of rotatable bonds is 7. The molecule has 1 saturated carbocycles. The molecule has 1 aromatic rings. The third kappa shape index (κ3) is 5.44. The van der Waals surface area contributed by atoms with Crippen LogP contribution in [0.4, 0.5) is 0 Å². The molecule has 2 heteroatoms. The van der Waals surface area contributed by atoms with E-state index in [1.165, 1.54) is 36.8 Å². The van der Waals surface area contributed by atoms with E-state index in [1.807, 2.05) is 0 Å². The third-order valence-corrected chi connectivity index (χ3v) is 4.47. The molecule has 1 fully saturated rings. The van der Waals surface area contributed by atoms with Crippen LogP contribution in [0.2, 0.25) is 0 Å². The molecule has 1 aliphatic rings. The minimum absolute atomic E-state index is 0.454. The molecule has 0 saturated heterocycles. The first-order valence-corrected chi connectivity index (χ1v) is 8.56. The van der Waals surface area contributed by atoms with Crippen LogP contribution in [0.5, 0.6) is 0 Å². The fourth-order valence-corrected chi connectivity index (χ4v) is 3.09. The van der Waals surface area contributed by atoms with Crippen molar-refractivity contribution < 1.29 is 4.74 Å². The first kappa shape index (κ1) is 16.5. The van der Waals surface area contributed by atoms with Gasteiger partial charge in [-0.05, 0) is 42.3 Å². The zero-order chi connectivity index (χ0) is 15.1. The van der Waals surface area contributed by atoms with Crippen LogP contribution in [0.1, 0.15) is 57.6 Å². The lowest BCUT2D eigenvalue weighted by Crippen LogP contribution is -2.26. The minimum atomic E-state index is 0.454. The molecule has 0 aromatic heterocycles. The van der Waals surface area contributed by atoms with Crippen molar-refractivity contribution in [2.24, 2.45) is 11.8 Å². The molecule has 2 rings (SSSR count). The highest BCUT2D eigenvalue weighted by molar-refractivity contribution is 5.26. The van der Waals surface area contributed by atoms with Crippen molar-refractivity contribution in [1.29, 1.82) is 0 Å². The number of benzene rings is 1. The molecule has 1 aromatic carbocycles. The predicted molar refractivity (Wildman–Crippen MR) is 89.2 cm³/mol. The summed E-state index contributed by atoms with van der Waals surface area (Å²) in [6, 6.07) is 8.67. The van der Waals surface area contributed by atoms with Crippen LogP contribution in [-0.2, 0) is 17.9 Å². The van der Waals surface area contributed by atoms with Crippen LogP contribution in [-0.4, -0.2) is 12.6 Å². The SMILES string of the molecule is CC(C)CNCc1ccccc1COC1CCCCC1C.